The zero-order valence-corrected chi connectivity index (χ0v) is 12.5. The van der Waals surface area contributed by atoms with Crippen molar-refractivity contribution in [1.29, 1.82) is 0 Å². The van der Waals surface area contributed by atoms with Gasteiger partial charge in [-0.1, -0.05) is 6.92 Å². The van der Waals surface area contributed by atoms with Gasteiger partial charge in [0, 0.05) is 25.7 Å². The van der Waals surface area contributed by atoms with Crippen molar-refractivity contribution in [1.82, 2.24) is 4.90 Å². The predicted molar refractivity (Wildman–Crippen MR) is 72.5 cm³/mol. The van der Waals surface area contributed by atoms with Crippen molar-refractivity contribution in [3.05, 3.63) is 0 Å². The van der Waals surface area contributed by atoms with Gasteiger partial charge in [-0.25, -0.2) is 0 Å². The van der Waals surface area contributed by atoms with E-state index >= 15 is 0 Å². The van der Waals surface area contributed by atoms with Gasteiger partial charge in [-0.2, -0.15) is 11.8 Å². The summed E-state index contributed by atoms with van der Waals surface area (Å²) < 4.78 is 17.9. The van der Waals surface area contributed by atoms with Crippen LogP contribution in [0, 0.1) is 0 Å². The molecule has 3 saturated heterocycles. The first kappa shape index (κ1) is 13.8. The lowest BCUT2D eigenvalue weighted by Crippen LogP contribution is -2.55. The molecule has 0 aromatic heterocycles. The Balaban J connectivity index is 1.85. The Bertz CT molecular complexity index is 206. The third-order valence-electron chi connectivity index (χ3n) is 3.09. The molecule has 3 fully saturated rings. The van der Waals surface area contributed by atoms with Gasteiger partial charge in [0.2, 0.25) is 0 Å². The molecule has 0 saturated carbocycles. The van der Waals surface area contributed by atoms with Crippen LogP contribution < -0.4 is 0 Å². The largest absolute Gasteiger partial charge is 0.501 e. The summed E-state index contributed by atoms with van der Waals surface area (Å²) in [6.07, 6.45) is 1.23. The highest BCUT2D eigenvalue weighted by Gasteiger charge is 2.43. The molecule has 0 aliphatic carbocycles. The highest BCUT2D eigenvalue weighted by molar-refractivity contribution is 7.99. The first-order valence-corrected chi connectivity index (χ1v) is 9.65. The molecule has 0 N–H and O–H groups in total. The summed E-state index contributed by atoms with van der Waals surface area (Å²) in [4.78, 5) is 2.35. The Morgan fingerprint density at radius 3 is 2.12 bits per heavy atom. The Morgan fingerprint density at radius 2 is 1.59 bits per heavy atom. The maximum Gasteiger partial charge on any atom is 0.501 e. The molecule has 17 heavy (non-hydrogen) atoms. The molecule has 4 nitrogen and oxygen atoms in total. The summed E-state index contributed by atoms with van der Waals surface area (Å²) >= 11 is 1.98. The average molecular weight is 277 g/mol. The Hall–Kier alpha value is 0.407. The molecule has 3 rings (SSSR count). The molecule has 0 atom stereocenters. The first-order valence-electron chi connectivity index (χ1n) is 6.57. The maximum absolute atomic E-state index is 5.96. The second-order valence-corrected chi connectivity index (χ2v) is 8.39. The first-order chi connectivity index (χ1) is 8.35. The van der Waals surface area contributed by atoms with E-state index in [4.69, 9.17) is 13.3 Å². The third-order valence-corrected chi connectivity index (χ3v) is 7.44. The number of fused-ring (bicyclic) bond motifs is 6. The molecule has 3 aliphatic rings. The standard InChI is InChI=1S/C11H23NO3SSi/c1-2-9-16-10-11-17-13-6-3-12(4-7-14-17)5-8-15-17/h2-11H2,1H3. The maximum atomic E-state index is 5.96. The molecule has 0 spiro atoms. The van der Waals surface area contributed by atoms with Crippen molar-refractivity contribution in [2.75, 3.05) is 51.0 Å². The molecule has 0 radical (unpaired) electrons. The SMILES string of the molecule is CCCSCC[Si]12OCCN(CCO1)CCO2. The van der Waals surface area contributed by atoms with Crippen LogP contribution in [-0.2, 0) is 13.3 Å². The van der Waals surface area contributed by atoms with E-state index in [9.17, 15) is 0 Å². The highest BCUT2D eigenvalue weighted by Crippen LogP contribution is 2.22. The minimum atomic E-state index is -2.32. The lowest BCUT2D eigenvalue weighted by molar-refractivity contribution is -0.00730. The van der Waals surface area contributed by atoms with Crippen molar-refractivity contribution < 1.29 is 13.3 Å². The van der Waals surface area contributed by atoms with E-state index in [-0.39, 0.29) is 0 Å². The molecule has 3 heterocycles. The molecule has 0 unspecified atom stereocenters. The van der Waals surface area contributed by atoms with E-state index < -0.39 is 8.80 Å². The van der Waals surface area contributed by atoms with E-state index in [0.717, 1.165) is 51.3 Å². The fourth-order valence-corrected chi connectivity index (χ4v) is 6.07. The van der Waals surface area contributed by atoms with Gasteiger partial charge >= 0.3 is 8.80 Å². The molecular formula is C11H23NO3SSi. The summed E-state index contributed by atoms with van der Waals surface area (Å²) in [5.41, 5.74) is 0. The van der Waals surface area contributed by atoms with Gasteiger partial charge in [0.15, 0.2) is 0 Å². The molecule has 3 aliphatic heterocycles. The van der Waals surface area contributed by atoms with Crippen LogP contribution in [-0.4, -0.2) is 64.7 Å². The van der Waals surface area contributed by atoms with Crippen LogP contribution in [0.5, 0.6) is 0 Å². The zero-order valence-electron chi connectivity index (χ0n) is 10.7. The van der Waals surface area contributed by atoms with E-state index in [1.807, 2.05) is 11.8 Å². The van der Waals surface area contributed by atoms with E-state index in [2.05, 4.69) is 11.8 Å². The Morgan fingerprint density at radius 1 is 1.00 bits per heavy atom. The van der Waals surface area contributed by atoms with Crippen LogP contribution in [0.3, 0.4) is 0 Å². The van der Waals surface area contributed by atoms with Gasteiger partial charge in [0.05, 0.1) is 19.8 Å². The van der Waals surface area contributed by atoms with Crippen LogP contribution in [0.15, 0.2) is 0 Å². The smallest absolute Gasteiger partial charge is 0.372 e. The van der Waals surface area contributed by atoms with Gasteiger partial charge in [-0.15, -0.1) is 0 Å². The number of nitrogens with zero attached hydrogens (tertiary/aromatic N) is 1. The normalized spacial score (nSPS) is 34.1. The van der Waals surface area contributed by atoms with Crippen LogP contribution in [0.25, 0.3) is 0 Å². The molecular weight excluding hydrogens is 254 g/mol. The molecule has 0 amide bonds. The van der Waals surface area contributed by atoms with Crippen molar-refractivity contribution in [3.8, 4) is 0 Å². The van der Waals surface area contributed by atoms with Crippen LogP contribution in [0.1, 0.15) is 13.3 Å². The highest BCUT2D eigenvalue weighted by atomic mass is 32.2. The predicted octanol–water partition coefficient (Wildman–Crippen LogP) is 1.45. The van der Waals surface area contributed by atoms with Crippen molar-refractivity contribution in [3.63, 3.8) is 0 Å². The molecule has 0 aromatic carbocycles. The second-order valence-electron chi connectivity index (χ2n) is 4.43. The van der Waals surface area contributed by atoms with Gasteiger partial charge in [-0.3, -0.25) is 4.90 Å². The van der Waals surface area contributed by atoms with Crippen LogP contribution in [0.4, 0.5) is 0 Å². The van der Waals surface area contributed by atoms with E-state index in [0.29, 0.717) is 0 Å². The van der Waals surface area contributed by atoms with Gasteiger partial charge < -0.3 is 13.3 Å². The minimum absolute atomic E-state index is 0.769. The fraction of sp³-hybridized carbons (Fsp3) is 1.00. The minimum Gasteiger partial charge on any atom is -0.372 e. The fourth-order valence-electron chi connectivity index (χ4n) is 2.11. The summed E-state index contributed by atoms with van der Waals surface area (Å²) in [5, 5.41) is 0. The van der Waals surface area contributed by atoms with Crippen LogP contribution >= 0.6 is 11.8 Å². The molecule has 6 heteroatoms. The molecule has 0 aromatic rings. The Kier molecular flexibility index (Phi) is 5.78. The van der Waals surface area contributed by atoms with Crippen molar-refractivity contribution >= 4 is 20.6 Å². The number of thioether (sulfide) groups is 1. The van der Waals surface area contributed by atoms with Gasteiger partial charge in [0.25, 0.3) is 0 Å². The third kappa shape index (κ3) is 4.22. The molecule has 100 valence electrons. The van der Waals surface area contributed by atoms with Crippen molar-refractivity contribution in [2.24, 2.45) is 0 Å². The summed E-state index contributed by atoms with van der Waals surface area (Å²) in [6, 6.07) is 0.970. The summed E-state index contributed by atoms with van der Waals surface area (Å²) in [5.74, 6) is 2.32. The average Bonchev–Trinajstić information content (AvgIpc) is 2.25. The quantitative estimate of drug-likeness (QED) is 0.561. The topological polar surface area (TPSA) is 30.9 Å². The van der Waals surface area contributed by atoms with Gasteiger partial charge in [0.1, 0.15) is 0 Å². The van der Waals surface area contributed by atoms with Crippen molar-refractivity contribution in [2.45, 2.75) is 19.4 Å². The van der Waals surface area contributed by atoms with Gasteiger partial charge in [-0.05, 0) is 17.9 Å². The summed E-state index contributed by atoms with van der Waals surface area (Å²) in [6.45, 7) is 7.61. The zero-order chi connectivity index (χ0) is 12.0. The lowest BCUT2D eigenvalue weighted by Gasteiger charge is -2.38. The number of rotatable bonds is 5. The monoisotopic (exact) mass is 277 g/mol. The second kappa shape index (κ2) is 7.11. The van der Waals surface area contributed by atoms with E-state index in [1.165, 1.54) is 12.2 Å². The number of hydrogen-bond acceptors (Lipinski definition) is 5. The Labute approximate surface area is 109 Å². The van der Waals surface area contributed by atoms with Crippen LogP contribution in [0.2, 0.25) is 6.04 Å². The number of hydrogen-bond donors (Lipinski definition) is 0. The van der Waals surface area contributed by atoms with E-state index in [1.54, 1.807) is 0 Å². The summed E-state index contributed by atoms with van der Waals surface area (Å²) in [7, 11) is -2.32. The lowest BCUT2D eigenvalue weighted by atomic mass is 10.4. The molecule has 2 bridgehead atoms.